The van der Waals surface area contributed by atoms with Gasteiger partial charge in [0.25, 0.3) is 0 Å². The van der Waals surface area contributed by atoms with Gasteiger partial charge in [0.2, 0.25) is 11.6 Å². The number of anilines is 2. The monoisotopic (exact) mass is 436 g/mol. The van der Waals surface area contributed by atoms with Crippen LogP contribution in [0.4, 0.5) is 17.2 Å². The van der Waals surface area contributed by atoms with Crippen molar-refractivity contribution in [3.8, 4) is 5.82 Å². The number of aryl methyl sites for hydroxylation is 2. The first kappa shape index (κ1) is 16.3. The van der Waals surface area contributed by atoms with Gasteiger partial charge in [-0.2, -0.15) is 5.10 Å². The minimum absolute atomic E-state index is 0.124. The maximum atomic E-state index is 11.6. The molecule has 1 N–H and O–H groups in total. The molecular formula is C15H13IN6O2. The summed E-state index contributed by atoms with van der Waals surface area (Å²) in [5.74, 6) is 0.257. The molecule has 3 rings (SSSR count). The average Bonchev–Trinajstić information content (AvgIpc) is 2.87. The van der Waals surface area contributed by atoms with Crippen LogP contribution in [0.2, 0.25) is 0 Å². The number of hydrogen-bond acceptors (Lipinski definition) is 6. The Labute approximate surface area is 151 Å². The molecule has 3 aromatic rings. The minimum Gasteiger partial charge on any atom is -0.334 e. The number of halogens is 1. The SMILES string of the molecule is Cc1cc(C)n(-c2ncnc(Nc3ccc(I)cc3)c2[N+](=O)[O-])n1. The van der Waals surface area contributed by atoms with E-state index in [2.05, 4.69) is 43.0 Å². The summed E-state index contributed by atoms with van der Waals surface area (Å²) >= 11 is 2.19. The third-order valence-electron chi connectivity index (χ3n) is 3.30. The molecule has 8 nitrogen and oxygen atoms in total. The zero-order chi connectivity index (χ0) is 17.3. The molecule has 2 heterocycles. The largest absolute Gasteiger partial charge is 0.355 e. The number of hydrogen-bond donors (Lipinski definition) is 1. The van der Waals surface area contributed by atoms with Gasteiger partial charge in [-0.05, 0) is 66.8 Å². The predicted molar refractivity (Wildman–Crippen MR) is 97.7 cm³/mol. The summed E-state index contributed by atoms with van der Waals surface area (Å²) in [5, 5.41) is 18.9. The molecule has 1 aromatic carbocycles. The fourth-order valence-electron chi connectivity index (χ4n) is 2.30. The van der Waals surface area contributed by atoms with Gasteiger partial charge in [0.15, 0.2) is 0 Å². The van der Waals surface area contributed by atoms with Crippen molar-refractivity contribution in [3.63, 3.8) is 0 Å². The van der Waals surface area contributed by atoms with Crippen LogP contribution in [0.3, 0.4) is 0 Å². The van der Waals surface area contributed by atoms with Crippen LogP contribution in [0.15, 0.2) is 36.7 Å². The summed E-state index contributed by atoms with van der Waals surface area (Å²) in [4.78, 5) is 19.2. The van der Waals surface area contributed by atoms with E-state index in [1.807, 2.05) is 44.2 Å². The molecule has 9 heteroatoms. The molecule has 0 unspecified atom stereocenters. The Morgan fingerprint density at radius 2 is 1.92 bits per heavy atom. The van der Waals surface area contributed by atoms with Crippen LogP contribution < -0.4 is 5.32 Å². The van der Waals surface area contributed by atoms with Gasteiger partial charge in [-0.1, -0.05) is 0 Å². The molecule has 2 aromatic heterocycles. The molecule has 0 saturated heterocycles. The van der Waals surface area contributed by atoms with E-state index in [0.717, 1.165) is 15.0 Å². The molecule has 0 bridgehead atoms. The van der Waals surface area contributed by atoms with E-state index in [1.54, 1.807) is 0 Å². The maximum Gasteiger partial charge on any atom is 0.355 e. The second kappa shape index (κ2) is 6.51. The van der Waals surface area contributed by atoms with E-state index in [-0.39, 0.29) is 17.3 Å². The second-order valence-electron chi connectivity index (χ2n) is 5.12. The molecule has 0 fully saturated rings. The van der Waals surface area contributed by atoms with Crippen molar-refractivity contribution in [2.45, 2.75) is 13.8 Å². The lowest BCUT2D eigenvalue weighted by atomic mass is 10.3. The van der Waals surface area contributed by atoms with E-state index in [9.17, 15) is 10.1 Å². The number of benzene rings is 1. The average molecular weight is 436 g/mol. The summed E-state index contributed by atoms with van der Waals surface area (Å²) in [6, 6.07) is 9.29. The lowest BCUT2D eigenvalue weighted by Gasteiger charge is -2.09. The van der Waals surface area contributed by atoms with Gasteiger partial charge in [0.1, 0.15) is 6.33 Å². The second-order valence-corrected chi connectivity index (χ2v) is 6.37. The zero-order valence-corrected chi connectivity index (χ0v) is 15.1. The van der Waals surface area contributed by atoms with Gasteiger partial charge >= 0.3 is 5.69 Å². The molecular weight excluding hydrogens is 423 g/mol. The Balaban J connectivity index is 2.10. The van der Waals surface area contributed by atoms with Crippen molar-refractivity contribution in [2.75, 3.05) is 5.32 Å². The van der Waals surface area contributed by atoms with Crippen molar-refractivity contribution < 1.29 is 4.92 Å². The van der Waals surface area contributed by atoms with Crippen molar-refractivity contribution >= 4 is 39.8 Å². The predicted octanol–water partition coefficient (Wildman–Crippen LogP) is 3.54. The molecule has 0 aliphatic heterocycles. The Morgan fingerprint density at radius 3 is 2.50 bits per heavy atom. The maximum absolute atomic E-state index is 11.6. The standard InChI is InChI=1S/C15H13IN6O2/c1-9-7-10(2)21(20-9)15-13(22(23)24)14(17-8-18-15)19-12-5-3-11(16)4-6-12/h3-8H,1-2H3,(H,17,18,19). The van der Waals surface area contributed by atoms with Gasteiger partial charge < -0.3 is 5.32 Å². The number of nitrogens with zero attached hydrogens (tertiary/aromatic N) is 5. The third-order valence-corrected chi connectivity index (χ3v) is 4.02. The fraction of sp³-hybridized carbons (Fsp3) is 0.133. The molecule has 24 heavy (non-hydrogen) atoms. The minimum atomic E-state index is -0.499. The topological polar surface area (TPSA) is 98.8 Å². The van der Waals surface area contributed by atoms with Gasteiger partial charge in [0, 0.05) is 15.0 Å². The Bertz CT molecular complexity index is 907. The molecule has 0 radical (unpaired) electrons. The van der Waals surface area contributed by atoms with Crippen LogP contribution in [-0.2, 0) is 0 Å². The molecule has 0 aliphatic rings. The number of nitro groups is 1. The van der Waals surface area contributed by atoms with Gasteiger partial charge in [-0.15, -0.1) is 0 Å². The Morgan fingerprint density at radius 1 is 1.21 bits per heavy atom. The summed E-state index contributed by atoms with van der Waals surface area (Å²) < 4.78 is 2.52. The Kier molecular flexibility index (Phi) is 4.42. The van der Waals surface area contributed by atoms with Gasteiger partial charge in [-0.3, -0.25) is 10.1 Å². The van der Waals surface area contributed by atoms with Crippen LogP contribution in [-0.4, -0.2) is 24.7 Å². The highest BCUT2D eigenvalue weighted by molar-refractivity contribution is 14.1. The first-order valence-corrected chi connectivity index (χ1v) is 8.09. The van der Waals surface area contributed by atoms with Crippen LogP contribution in [0.5, 0.6) is 0 Å². The van der Waals surface area contributed by atoms with Crippen molar-refractivity contribution in [3.05, 3.63) is 61.7 Å². The fourth-order valence-corrected chi connectivity index (χ4v) is 2.66. The van der Waals surface area contributed by atoms with Gasteiger partial charge in [0.05, 0.1) is 10.6 Å². The van der Waals surface area contributed by atoms with Crippen LogP contribution in [0, 0.1) is 27.5 Å². The highest BCUT2D eigenvalue weighted by Gasteiger charge is 2.26. The van der Waals surface area contributed by atoms with Gasteiger partial charge in [-0.25, -0.2) is 14.6 Å². The number of nitrogens with one attached hydrogen (secondary N) is 1. The van der Waals surface area contributed by atoms with Crippen LogP contribution >= 0.6 is 22.6 Å². The summed E-state index contributed by atoms with van der Waals surface area (Å²) in [6.45, 7) is 3.64. The lowest BCUT2D eigenvalue weighted by molar-refractivity contribution is -0.384. The highest BCUT2D eigenvalue weighted by atomic mass is 127. The molecule has 0 atom stereocenters. The third kappa shape index (κ3) is 3.20. The highest BCUT2D eigenvalue weighted by Crippen LogP contribution is 2.30. The van der Waals surface area contributed by atoms with Crippen molar-refractivity contribution in [1.29, 1.82) is 0 Å². The van der Waals surface area contributed by atoms with Crippen LogP contribution in [0.1, 0.15) is 11.4 Å². The first-order valence-electron chi connectivity index (χ1n) is 7.01. The zero-order valence-electron chi connectivity index (χ0n) is 12.9. The number of rotatable bonds is 4. The number of aromatic nitrogens is 4. The Hall–Kier alpha value is -2.56. The molecule has 0 spiro atoms. The normalized spacial score (nSPS) is 10.6. The first-order chi connectivity index (χ1) is 11.5. The smallest absolute Gasteiger partial charge is 0.334 e. The van der Waals surface area contributed by atoms with E-state index in [1.165, 1.54) is 11.0 Å². The molecule has 122 valence electrons. The molecule has 0 aliphatic carbocycles. The van der Waals surface area contributed by atoms with Crippen molar-refractivity contribution in [1.82, 2.24) is 19.7 Å². The van der Waals surface area contributed by atoms with E-state index < -0.39 is 4.92 Å². The molecule has 0 amide bonds. The summed E-state index contributed by atoms with van der Waals surface area (Å²) in [6.07, 6.45) is 1.29. The summed E-state index contributed by atoms with van der Waals surface area (Å²) in [7, 11) is 0. The lowest BCUT2D eigenvalue weighted by Crippen LogP contribution is -2.09. The van der Waals surface area contributed by atoms with E-state index >= 15 is 0 Å². The van der Waals surface area contributed by atoms with E-state index in [0.29, 0.717) is 5.69 Å². The molecule has 0 saturated carbocycles. The van der Waals surface area contributed by atoms with Crippen LogP contribution in [0.25, 0.3) is 5.82 Å². The van der Waals surface area contributed by atoms with Crippen molar-refractivity contribution in [2.24, 2.45) is 0 Å². The van der Waals surface area contributed by atoms with E-state index in [4.69, 9.17) is 0 Å². The quantitative estimate of drug-likeness (QED) is 0.382. The summed E-state index contributed by atoms with van der Waals surface area (Å²) in [5.41, 5.74) is 2.00.